The Labute approximate surface area is 118 Å². The van der Waals surface area contributed by atoms with E-state index >= 15 is 0 Å². The van der Waals surface area contributed by atoms with Crippen LogP contribution in [0.25, 0.3) is 0 Å². The van der Waals surface area contributed by atoms with Crippen molar-refractivity contribution in [2.24, 2.45) is 0 Å². The number of halogens is 1. The predicted molar refractivity (Wildman–Crippen MR) is 77.7 cm³/mol. The minimum Gasteiger partial charge on any atom is -0.388 e. The van der Waals surface area contributed by atoms with Crippen LogP contribution in [0.3, 0.4) is 0 Å². The van der Waals surface area contributed by atoms with Crippen LogP contribution in [0.5, 0.6) is 0 Å². The fourth-order valence-electron chi connectivity index (χ4n) is 1.72. The maximum absolute atomic E-state index is 10.1. The van der Waals surface area contributed by atoms with Gasteiger partial charge in [-0.2, -0.15) is 0 Å². The second-order valence-corrected chi connectivity index (χ2v) is 5.18. The molecule has 0 aromatic heterocycles. The average Bonchev–Trinajstić information content (AvgIpc) is 2.37. The van der Waals surface area contributed by atoms with Gasteiger partial charge in [0.1, 0.15) is 0 Å². The molecule has 0 aliphatic carbocycles. The summed E-state index contributed by atoms with van der Waals surface area (Å²) in [5, 5.41) is 10.1. The highest BCUT2D eigenvalue weighted by Gasteiger charge is 2.11. The van der Waals surface area contributed by atoms with Gasteiger partial charge in [-0.25, -0.2) is 0 Å². The van der Waals surface area contributed by atoms with Crippen LogP contribution in [-0.2, 0) is 4.74 Å². The van der Waals surface area contributed by atoms with E-state index in [-0.39, 0.29) is 0 Å². The first-order valence-corrected chi connectivity index (χ1v) is 7.13. The molecule has 0 spiro atoms. The maximum atomic E-state index is 10.1. The Morgan fingerprint density at radius 2 is 2.06 bits per heavy atom. The van der Waals surface area contributed by atoms with Gasteiger partial charge in [0.2, 0.25) is 0 Å². The summed E-state index contributed by atoms with van der Waals surface area (Å²) >= 11 is 3.46. The van der Waals surface area contributed by atoms with E-state index in [4.69, 9.17) is 4.74 Å². The molecule has 3 nitrogen and oxygen atoms in total. The lowest BCUT2D eigenvalue weighted by Crippen LogP contribution is -2.25. The summed E-state index contributed by atoms with van der Waals surface area (Å²) in [6.45, 7) is 5.26. The first kappa shape index (κ1) is 15.6. The van der Waals surface area contributed by atoms with Crippen LogP contribution >= 0.6 is 15.9 Å². The van der Waals surface area contributed by atoms with Gasteiger partial charge >= 0.3 is 0 Å². The number of hydrogen-bond donors (Lipinski definition) is 1. The monoisotopic (exact) mass is 315 g/mol. The Morgan fingerprint density at radius 3 is 2.72 bits per heavy atom. The molecular weight excluding hydrogens is 294 g/mol. The number of rotatable bonds is 8. The van der Waals surface area contributed by atoms with E-state index in [0.717, 1.165) is 42.8 Å². The zero-order chi connectivity index (χ0) is 13.4. The normalized spacial score (nSPS) is 12.9. The molecule has 1 N–H and O–H groups in total. The average molecular weight is 316 g/mol. The van der Waals surface area contributed by atoms with Crippen molar-refractivity contribution >= 4 is 15.9 Å². The largest absolute Gasteiger partial charge is 0.388 e. The molecule has 0 bridgehead atoms. The molecular formula is C14H22BrNO2. The maximum Gasteiger partial charge on any atom is 0.0813 e. The number of aliphatic hydroxyl groups is 1. The van der Waals surface area contributed by atoms with Crippen molar-refractivity contribution in [2.75, 3.05) is 33.4 Å². The van der Waals surface area contributed by atoms with Gasteiger partial charge < -0.3 is 14.7 Å². The van der Waals surface area contributed by atoms with Crippen LogP contribution in [0.2, 0.25) is 0 Å². The molecule has 0 radical (unpaired) electrons. The van der Waals surface area contributed by atoms with Crippen LogP contribution in [0.15, 0.2) is 28.7 Å². The van der Waals surface area contributed by atoms with Gasteiger partial charge in [-0.3, -0.25) is 0 Å². The van der Waals surface area contributed by atoms with E-state index in [0.29, 0.717) is 0 Å². The van der Waals surface area contributed by atoms with E-state index in [1.807, 2.05) is 38.2 Å². The van der Waals surface area contributed by atoms with Crippen molar-refractivity contribution in [2.45, 2.75) is 19.4 Å². The topological polar surface area (TPSA) is 32.7 Å². The van der Waals surface area contributed by atoms with Crippen molar-refractivity contribution in [1.82, 2.24) is 4.90 Å². The summed E-state index contributed by atoms with van der Waals surface area (Å²) in [7, 11) is 2.05. The van der Waals surface area contributed by atoms with Gasteiger partial charge in [-0.15, -0.1) is 0 Å². The molecule has 102 valence electrons. The summed E-state index contributed by atoms with van der Waals surface area (Å²) in [6.07, 6.45) is 0.306. The van der Waals surface area contributed by atoms with E-state index in [9.17, 15) is 5.11 Å². The lowest BCUT2D eigenvalue weighted by molar-refractivity contribution is 0.108. The third-order valence-corrected chi connectivity index (χ3v) is 3.59. The number of ether oxygens (including phenoxy) is 1. The van der Waals surface area contributed by atoms with E-state index < -0.39 is 6.10 Å². The summed E-state index contributed by atoms with van der Waals surface area (Å²) < 4.78 is 6.27. The molecule has 1 atom stereocenters. The molecule has 0 aliphatic heterocycles. The van der Waals surface area contributed by atoms with Crippen molar-refractivity contribution < 1.29 is 9.84 Å². The quantitative estimate of drug-likeness (QED) is 0.749. The van der Waals surface area contributed by atoms with Crippen LogP contribution in [0.4, 0.5) is 0 Å². The molecule has 4 heteroatoms. The summed E-state index contributed by atoms with van der Waals surface area (Å²) in [6, 6.07) is 7.81. The number of aliphatic hydroxyl groups excluding tert-OH is 1. The number of hydrogen-bond acceptors (Lipinski definition) is 3. The highest BCUT2D eigenvalue weighted by Crippen LogP contribution is 2.25. The lowest BCUT2D eigenvalue weighted by atomic mass is 10.1. The number of likely N-dealkylation sites (N-methyl/N-ethyl adjacent to an activating group) is 1. The fourth-order valence-corrected chi connectivity index (χ4v) is 2.27. The number of benzene rings is 1. The van der Waals surface area contributed by atoms with Crippen LogP contribution < -0.4 is 0 Å². The molecule has 0 saturated heterocycles. The van der Waals surface area contributed by atoms with Crippen molar-refractivity contribution in [3.05, 3.63) is 34.3 Å². The summed E-state index contributed by atoms with van der Waals surface area (Å²) in [5.41, 5.74) is 0.954. The first-order chi connectivity index (χ1) is 8.65. The van der Waals surface area contributed by atoms with E-state index in [2.05, 4.69) is 20.8 Å². The second-order valence-electron chi connectivity index (χ2n) is 4.33. The molecule has 1 aromatic carbocycles. The van der Waals surface area contributed by atoms with Gasteiger partial charge in [0.25, 0.3) is 0 Å². The Kier molecular flexibility index (Phi) is 7.51. The summed E-state index contributed by atoms with van der Waals surface area (Å²) in [5.74, 6) is 0. The molecule has 0 saturated carbocycles. The molecule has 1 rings (SSSR count). The minimum absolute atomic E-state index is 0.421. The Bertz CT molecular complexity index is 346. The molecule has 0 heterocycles. The van der Waals surface area contributed by atoms with E-state index in [1.54, 1.807) is 0 Å². The molecule has 0 amide bonds. The minimum atomic E-state index is -0.421. The highest BCUT2D eigenvalue weighted by molar-refractivity contribution is 9.10. The zero-order valence-corrected chi connectivity index (χ0v) is 12.7. The third-order valence-electron chi connectivity index (χ3n) is 2.87. The smallest absolute Gasteiger partial charge is 0.0813 e. The highest BCUT2D eigenvalue weighted by atomic mass is 79.9. The summed E-state index contributed by atoms with van der Waals surface area (Å²) in [4.78, 5) is 2.18. The van der Waals surface area contributed by atoms with Crippen LogP contribution in [-0.4, -0.2) is 43.4 Å². The van der Waals surface area contributed by atoms with Gasteiger partial charge in [0.15, 0.2) is 0 Å². The van der Waals surface area contributed by atoms with Crippen molar-refractivity contribution in [3.8, 4) is 0 Å². The first-order valence-electron chi connectivity index (χ1n) is 6.34. The molecule has 0 aliphatic rings. The Hall–Kier alpha value is -0.420. The number of nitrogens with zero attached hydrogens (tertiary/aromatic N) is 1. The lowest BCUT2D eigenvalue weighted by Gasteiger charge is -2.19. The van der Waals surface area contributed by atoms with Gasteiger partial charge in [0.05, 0.1) is 12.7 Å². The molecule has 18 heavy (non-hydrogen) atoms. The Balaban J connectivity index is 2.32. The van der Waals surface area contributed by atoms with Crippen molar-refractivity contribution in [1.29, 1.82) is 0 Å². The third kappa shape index (κ3) is 5.48. The van der Waals surface area contributed by atoms with Gasteiger partial charge in [-0.1, -0.05) is 34.1 Å². The van der Waals surface area contributed by atoms with Gasteiger partial charge in [-0.05, 0) is 32.0 Å². The van der Waals surface area contributed by atoms with Crippen LogP contribution in [0.1, 0.15) is 25.0 Å². The predicted octanol–water partition coefficient (Wildman–Crippen LogP) is 2.84. The fraction of sp³-hybridized carbons (Fsp3) is 0.571. The standard InChI is InChI=1S/C14H22BrNO2/c1-3-18-11-10-16(2)9-8-14(17)12-6-4-5-7-13(12)15/h4-7,14,17H,3,8-11H2,1-2H3. The van der Waals surface area contributed by atoms with Crippen molar-refractivity contribution in [3.63, 3.8) is 0 Å². The second kappa shape index (κ2) is 8.64. The van der Waals surface area contributed by atoms with Crippen LogP contribution in [0, 0.1) is 0 Å². The van der Waals surface area contributed by atoms with Gasteiger partial charge in [0, 0.05) is 24.2 Å². The zero-order valence-electron chi connectivity index (χ0n) is 11.1. The SMILES string of the molecule is CCOCCN(C)CCC(O)c1ccccc1Br. The molecule has 0 fully saturated rings. The molecule has 1 unspecified atom stereocenters. The molecule has 1 aromatic rings. The Morgan fingerprint density at radius 1 is 1.33 bits per heavy atom. The van der Waals surface area contributed by atoms with E-state index in [1.165, 1.54) is 0 Å².